The molecule has 0 spiro atoms. The maximum absolute atomic E-state index is 12.3. The van der Waals surface area contributed by atoms with Crippen LogP contribution >= 0.6 is 0 Å². The highest BCUT2D eigenvalue weighted by Crippen LogP contribution is 2.20. The lowest BCUT2D eigenvalue weighted by molar-refractivity contribution is -0.00445. The summed E-state index contributed by atoms with van der Waals surface area (Å²) in [6, 6.07) is 3.67. The van der Waals surface area contributed by atoms with E-state index in [4.69, 9.17) is 4.74 Å². The normalized spacial score (nSPS) is 18.6. The highest BCUT2D eigenvalue weighted by atomic mass is 16.5. The van der Waals surface area contributed by atoms with Crippen molar-refractivity contribution in [3.63, 3.8) is 0 Å². The van der Waals surface area contributed by atoms with Gasteiger partial charge < -0.3 is 9.72 Å². The average Bonchev–Trinajstić information content (AvgIpc) is 2.82. The number of ketones is 1. The van der Waals surface area contributed by atoms with Crippen molar-refractivity contribution in [2.75, 3.05) is 26.3 Å². The van der Waals surface area contributed by atoms with Crippen LogP contribution in [0.3, 0.4) is 0 Å². The number of carbonyl (C=O) groups is 1. The minimum absolute atomic E-state index is 0.138. The largest absolute Gasteiger partial charge is 0.379 e. The molecule has 4 nitrogen and oxygen atoms in total. The molecule has 0 aliphatic carbocycles. The zero-order chi connectivity index (χ0) is 11.6. The molecule has 1 aliphatic rings. The monoisotopic (exact) mass is 222 g/mol. The molecule has 0 amide bonds. The van der Waals surface area contributed by atoms with Gasteiger partial charge in [-0.25, -0.2) is 0 Å². The number of hydrogen-bond donors (Lipinski definition) is 1. The summed E-state index contributed by atoms with van der Waals surface area (Å²) in [5.74, 6) is 0.138. The first kappa shape index (κ1) is 11.4. The Kier molecular flexibility index (Phi) is 3.12. The first-order chi connectivity index (χ1) is 7.62. The van der Waals surface area contributed by atoms with E-state index in [0.29, 0.717) is 18.9 Å². The number of hydrogen-bond acceptors (Lipinski definition) is 3. The molecule has 1 aromatic heterocycles. The molecular weight excluding hydrogens is 204 g/mol. The molecule has 4 heteroatoms. The number of carbonyl (C=O) groups excluding carboxylic acids is 1. The zero-order valence-electron chi connectivity index (χ0n) is 9.82. The van der Waals surface area contributed by atoms with Gasteiger partial charge in [0.1, 0.15) is 0 Å². The van der Waals surface area contributed by atoms with E-state index in [9.17, 15) is 4.79 Å². The molecule has 2 heterocycles. The van der Waals surface area contributed by atoms with Crippen LogP contribution in [0.5, 0.6) is 0 Å². The molecular formula is C12H18N2O2. The van der Waals surface area contributed by atoms with Gasteiger partial charge >= 0.3 is 0 Å². The predicted octanol–water partition coefficient (Wildman–Crippen LogP) is 1.31. The van der Waals surface area contributed by atoms with Crippen molar-refractivity contribution < 1.29 is 9.53 Å². The number of H-pyrrole nitrogens is 1. The molecule has 0 saturated carbocycles. The van der Waals surface area contributed by atoms with E-state index in [1.165, 1.54) is 0 Å². The van der Waals surface area contributed by atoms with Crippen LogP contribution in [0.15, 0.2) is 18.3 Å². The summed E-state index contributed by atoms with van der Waals surface area (Å²) in [5, 5.41) is 0. The first-order valence-corrected chi connectivity index (χ1v) is 5.63. The van der Waals surface area contributed by atoms with Crippen LogP contribution in [0.2, 0.25) is 0 Å². The molecule has 0 atom stereocenters. The van der Waals surface area contributed by atoms with Crippen molar-refractivity contribution in [1.82, 2.24) is 9.88 Å². The highest BCUT2D eigenvalue weighted by molar-refractivity contribution is 6.01. The summed E-state index contributed by atoms with van der Waals surface area (Å²) < 4.78 is 5.30. The Bertz CT molecular complexity index is 351. The van der Waals surface area contributed by atoms with Gasteiger partial charge in [0, 0.05) is 19.3 Å². The second-order valence-electron chi connectivity index (χ2n) is 4.57. The number of aromatic amines is 1. The van der Waals surface area contributed by atoms with Crippen molar-refractivity contribution in [1.29, 1.82) is 0 Å². The van der Waals surface area contributed by atoms with E-state index in [2.05, 4.69) is 9.88 Å². The Labute approximate surface area is 95.6 Å². The van der Waals surface area contributed by atoms with Crippen LogP contribution < -0.4 is 0 Å². The topological polar surface area (TPSA) is 45.3 Å². The van der Waals surface area contributed by atoms with Crippen molar-refractivity contribution in [3.05, 3.63) is 24.0 Å². The third kappa shape index (κ3) is 2.03. The number of nitrogens with one attached hydrogen (secondary N) is 1. The molecule has 1 N–H and O–H groups in total. The molecule has 0 unspecified atom stereocenters. The van der Waals surface area contributed by atoms with Gasteiger partial charge in [-0.15, -0.1) is 0 Å². The Balaban J connectivity index is 2.14. The Morgan fingerprint density at radius 1 is 1.44 bits per heavy atom. The number of Topliss-reactive ketones (excluding diaryl/α,β-unsaturated/α-hetero) is 1. The quantitative estimate of drug-likeness (QED) is 0.784. The fourth-order valence-corrected chi connectivity index (χ4v) is 2.07. The maximum atomic E-state index is 12.3. The first-order valence-electron chi connectivity index (χ1n) is 5.63. The van der Waals surface area contributed by atoms with Crippen LogP contribution in [0, 0.1) is 0 Å². The molecule has 1 saturated heterocycles. The van der Waals surface area contributed by atoms with Crippen LogP contribution in [-0.4, -0.2) is 47.5 Å². The minimum Gasteiger partial charge on any atom is -0.379 e. The standard InChI is InChI=1S/C12H18N2O2/c1-12(2,14-6-8-16-9-7-14)11(15)10-4-3-5-13-10/h3-5,13H,6-9H2,1-2H3. The Hall–Kier alpha value is -1.13. The van der Waals surface area contributed by atoms with E-state index in [-0.39, 0.29) is 5.78 Å². The fraction of sp³-hybridized carbons (Fsp3) is 0.583. The van der Waals surface area contributed by atoms with Crippen molar-refractivity contribution in [3.8, 4) is 0 Å². The van der Waals surface area contributed by atoms with Gasteiger partial charge in [0.25, 0.3) is 0 Å². The van der Waals surface area contributed by atoms with Crippen LogP contribution in [0.4, 0.5) is 0 Å². The smallest absolute Gasteiger partial charge is 0.198 e. The van der Waals surface area contributed by atoms with E-state index in [1.54, 1.807) is 6.20 Å². The summed E-state index contributed by atoms with van der Waals surface area (Å²) >= 11 is 0. The molecule has 16 heavy (non-hydrogen) atoms. The zero-order valence-corrected chi connectivity index (χ0v) is 9.82. The number of rotatable bonds is 3. The maximum Gasteiger partial charge on any atom is 0.198 e. The molecule has 0 bridgehead atoms. The lowest BCUT2D eigenvalue weighted by Crippen LogP contribution is -2.54. The van der Waals surface area contributed by atoms with Gasteiger partial charge in [0.15, 0.2) is 5.78 Å². The lowest BCUT2D eigenvalue weighted by atomic mass is 9.94. The second kappa shape index (κ2) is 4.39. The summed E-state index contributed by atoms with van der Waals surface area (Å²) in [4.78, 5) is 17.5. The summed E-state index contributed by atoms with van der Waals surface area (Å²) in [6.45, 7) is 7.00. The minimum atomic E-state index is -0.464. The van der Waals surface area contributed by atoms with Crippen LogP contribution in [0.25, 0.3) is 0 Å². The van der Waals surface area contributed by atoms with Gasteiger partial charge in [-0.1, -0.05) is 0 Å². The number of morpholine rings is 1. The fourth-order valence-electron chi connectivity index (χ4n) is 2.07. The molecule has 88 valence electrons. The molecule has 1 aromatic rings. The van der Waals surface area contributed by atoms with Gasteiger partial charge in [0.05, 0.1) is 24.4 Å². The van der Waals surface area contributed by atoms with Gasteiger partial charge in [-0.2, -0.15) is 0 Å². The van der Waals surface area contributed by atoms with Crippen LogP contribution in [0.1, 0.15) is 24.3 Å². The summed E-state index contributed by atoms with van der Waals surface area (Å²) in [6.07, 6.45) is 1.78. The number of aromatic nitrogens is 1. The van der Waals surface area contributed by atoms with E-state index in [0.717, 1.165) is 13.1 Å². The van der Waals surface area contributed by atoms with Gasteiger partial charge in [-0.05, 0) is 26.0 Å². The van der Waals surface area contributed by atoms with Gasteiger partial charge in [-0.3, -0.25) is 9.69 Å². The third-order valence-corrected chi connectivity index (χ3v) is 3.20. The molecule has 0 aromatic carbocycles. The molecule has 1 aliphatic heterocycles. The van der Waals surface area contributed by atoms with Crippen molar-refractivity contribution in [2.45, 2.75) is 19.4 Å². The third-order valence-electron chi connectivity index (χ3n) is 3.20. The van der Waals surface area contributed by atoms with Crippen molar-refractivity contribution >= 4 is 5.78 Å². The van der Waals surface area contributed by atoms with E-state index < -0.39 is 5.54 Å². The predicted molar refractivity (Wildman–Crippen MR) is 61.6 cm³/mol. The van der Waals surface area contributed by atoms with Crippen molar-refractivity contribution in [2.24, 2.45) is 0 Å². The molecule has 0 radical (unpaired) electrons. The lowest BCUT2D eigenvalue weighted by Gasteiger charge is -2.39. The SMILES string of the molecule is CC(C)(C(=O)c1ccc[nH]1)N1CCOCC1. The van der Waals surface area contributed by atoms with Gasteiger partial charge in [0.2, 0.25) is 0 Å². The van der Waals surface area contributed by atoms with E-state index in [1.807, 2.05) is 26.0 Å². The molecule has 2 rings (SSSR count). The van der Waals surface area contributed by atoms with Crippen LogP contribution in [-0.2, 0) is 4.74 Å². The Morgan fingerprint density at radius 2 is 2.12 bits per heavy atom. The summed E-state index contributed by atoms with van der Waals surface area (Å²) in [5.41, 5.74) is 0.214. The number of nitrogens with zero attached hydrogens (tertiary/aromatic N) is 1. The molecule has 1 fully saturated rings. The highest BCUT2D eigenvalue weighted by Gasteiger charge is 2.36. The number of ether oxygens (including phenoxy) is 1. The average molecular weight is 222 g/mol. The summed E-state index contributed by atoms with van der Waals surface area (Å²) in [7, 11) is 0. The second-order valence-corrected chi connectivity index (χ2v) is 4.57. The van der Waals surface area contributed by atoms with E-state index >= 15 is 0 Å². The Morgan fingerprint density at radius 3 is 2.69 bits per heavy atom.